The average molecular weight is 677 g/mol. The molecule has 2 saturated heterocycles. The van der Waals surface area contributed by atoms with Crippen LogP contribution in [0, 0.1) is 11.8 Å². The van der Waals surface area contributed by atoms with E-state index in [4.69, 9.17) is 33.2 Å². The molecular weight excluding hydrogens is 616 g/mol. The van der Waals surface area contributed by atoms with Gasteiger partial charge in [0.1, 0.15) is 23.3 Å². The molecule has 0 radical (unpaired) electrons. The monoisotopic (exact) mass is 676 g/mol. The maximum atomic E-state index is 12.1. The molecule has 4 rings (SSSR count). The first kappa shape index (κ1) is 42.3. The van der Waals surface area contributed by atoms with Crippen LogP contribution in [0.25, 0.3) is 0 Å². The van der Waals surface area contributed by atoms with Crippen molar-refractivity contribution in [1.82, 2.24) is 10.6 Å². The minimum absolute atomic E-state index is 0. The summed E-state index contributed by atoms with van der Waals surface area (Å²) in [6.45, 7) is 12.9. The van der Waals surface area contributed by atoms with Gasteiger partial charge in [0.15, 0.2) is 11.6 Å². The number of nitrogens with one attached hydrogen (secondary N) is 2. The number of carboxylic acids is 1. The third kappa shape index (κ3) is 13.0. The van der Waals surface area contributed by atoms with E-state index in [1.54, 1.807) is 41.5 Å². The number of carbonyl (C=O) groups is 4. The fraction of sp³-hybridized carbons (Fsp3) is 0.879. The number of ether oxygens (including phenoxy) is 7. The molecule has 2 aliphatic carbocycles. The number of carboxylic acid groups (broad SMARTS) is 1. The molecule has 274 valence electrons. The third-order valence-corrected chi connectivity index (χ3v) is 8.22. The fourth-order valence-electron chi connectivity index (χ4n) is 6.14. The van der Waals surface area contributed by atoms with Gasteiger partial charge in [-0.2, -0.15) is 0 Å². The van der Waals surface area contributed by atoms with Crippen molar-refractivity contribution in [2.75, 3.05) is 33.5 Å². The molecule has 14 heteroatoms. The van der Waals surface area contributed by atoms with E-state index in [9.17, 15) is 24.3 Å². The summed E-state index contributed by atoms with van der Waals surface area (Å²) in [6, 6.07) is -1.66. The number of rotatable bonds is 6. The van der Waals surface area contributed by atoms with Crippen LogP contribution in [0.1, 0.15) is 108 Å². The highest BCUT2D eigenvalue weighted by Gasteiger charge is 2.45. The average Bonchev–Trinajstić information content (AvgIpc) is 3.59. The van der Waals surface area contributed by atoms with Crippen molar-refractivity contribution in [3.8, 4) is 0 Å². The number of carbonyl (C=O) groups excluding carboxylic acids is 3. The lowest BCUT2D eigenvalue weighted by Gasteiger charge is -2.37. The highest BCUT2D eigenvalue weighted by Crippen LogP contribution is 2.40. The van der Waals surface area contributed by atoms with Crippen LogP contribution in [0.3, 0.4) is 0 Å². The fourth-order valence-corrected chi connectivity index (χ4v) is 6.14. The van der Waals surface area contributed by atoms with Crippen molar-refractivity contribution in [1.29, 1.82) is 0 Å². The summed E-state index contributed by atoms with van der Waals surface area (Å²) < 4.78 is 37.9. The Bertz CT molecular complexity index is 1010. The lowest BCUT2D eigenvalue weighted by atomic mass is 9.80. The second-order valence-corrected chi connectivity index (χ2v) is 14.0. The minimum Gasteiger partial charge on any atom is -0.480 e. The topological polar surface area (TPSA) is 177 Å². The number of amides is 2. The molecule has 2 saturated carbocycles. The maximum absolute atomic E-state index is 12.1. The SMILES string of the molecule is C.C.CC(C)(C)OC(=O)NC(C(=O)O)C1CCC2(CC1)OCCO2.COC(=O)C(NC(=O)OC(C)(C)C)C1CCC2(CC1)OCCO2. The van der Waals surface area contributed by atoms with Gasteiger partial charge in [0.05, 0.1) is 33.5 Å². The van der Waals surface area contributed by atoms with Gasteiger partial charge in [-0.1, -0.05) is 14.9 Å². The molecule has 2 atom stereocenters. The largest absolute Gasteiger partial charge is 0.480 e. The van der Waals surface area contributed by atoms with Gasteiger partial charge in [0, 0.05) is 25.7 Å². The van der Waals surface area contributed by atoms with Crippen molar-refractivity contribution in [3.05, 3.63) is 0 Å². The molecule has 4 fully saturated rings. The first-order chi connectivity index (χ1) is 21.0. The van der Waals surface area contributed by atoms with Crippen LogP contribution in [-0.4, -0.2) is 97.6 Å². The van der Waals surface area contributed by atoms with E-state index in [0.29, 0.717) is 65.0 Å². The molecule has 4 aliphatic rings. The molecule has 2 heterocycles. The van der Waals surface area contributed by atoms with Crippen molar-refractivity contribution >= 4 is 24.1 Å². The van der Waals surface area contributed by atoms with Crippen molar-refractivity contribution in [2.45, 2.75) is 143 Å². The van der Waals surface area contributed by atoms with E-state index in [2.05, 4.69) is 10.6 Å². The summed E-state index contributed by atoms with van der Waals surface area (Å²) in [5.41, 5.74) is -1.28. The normalized spacial score (nSPS) is 23.1. The van der Waals surface area contributed by atoms with Crippen molar-refractivity contribution < 1.29 is 57.4 Å². The summed E-state index contributed by atoms with van der Waals surface area (Å²) in [5, 5.41) is 14.5. The van der Waals surface area contributed by atoms with E-state index in [1.807, 2.05) is 0 Å². The summed E-state index contributed by atoms with van der Waals surface area (Å²) in [6.07, 6.45) is 4.11. The number of hydrogen-bond acceptors (Lipinski definition) is 11. The maximum Gasteiger partial charge on any atom is 0.408 e. The van der Waals surface area contributed by atoms with Crippen LogP contribution >= 0.6 is 0 Å². The van der Waals surface area contributed by atoms with Crippen molar-refractivity contribution in [3.63, 3.8) is 0 Å². The number of methoxy groups -OCH3 is 1. The Balaban J connectivity index is 0.000000451. The predicted molar refractivity (Wildman–Crippen MR) is 173 cm³/mol. The van der Waals surface area contributed by atoms with Gasteiger partial charge >= 0.3 is 24.1 Å². The molecule has 0 aromatic carbocycles. The van der Waals surface area contributed by atoms with E-state index >= 15 is 0 Å². The number of aliphatic carboxylic acids is 1. The first-order valence-electron chi connectivity index (χ1n) is 15.8. The first-order valence-corrected chi connectivity index (χ1v) is 15.8. The standard InChI is InChI=1S/C16H27NO6.C15H25NO6.2CH4/c1-15(2,3)23-14(19)17-12(13(18)20-4)11-5-7-16(8-6-11)21-9-10-22-16;1-14(2,3)22-13(19)16-11(12(17)18)10-4-6-15(7-5-10)20-8-9-21-15;;/h11-12H,5-10H2,1-4H3,(H,17,19);10-11H,4-9H2,1-3H3,(H,16,19)(H,17,18);2*1H4. The number of esters is 1. The zero-order chi connectivity index (χ0) is 33.5. The van der Waals surface area contributed by atoms with Gasteiger partial charge in [-0.15, -0.1) is 0 Å². The summed E-state index contributed by atoms with van der Waals surface area (Å²) in [5.74, 6) is -2.70. The van der Waals surface area contributed by atoms with Gasteiger partial charge < -0.3 is 48.9 Å². The second-order valence-electron chi connectivity index (χ2n) is 14.0. The van der Waals surface area contributed by atoms with E-state index in [1.165, 1.54) is 7.11 Å². The van der Waals surface area contributed by atoms with E-state index < -0.39 is 59.0 Å². The molecule has 0 aromatic rings. The van der Waals surface area contributed by atoms with Crippen molar-refractivity contribution in [2.24, 2.45) is 11.8 Å². The lowest BCUT2D eigenvalue weighted by Crippen LogP contribution is -2.50. The molecule has 2 aliphatic heterocycles. The highest BCUT2D eigenvalue weighted by atomic mass is 16.7. The predicted octanol–water partition coefficient (Wildman–Crippen LogP) is 5.16. The molecule has 47 heavy (non-hydrogen) atoms. The summed E-state index contributed by atoms with van der Waals surface area (Å²) in [7, 11) is 1.32. The van der Waals surface area contributed by atoms with Crippen LogP contribution in [-0.2, 0) is 42.7 Å². The summed E-state index contributed by atoms with van der Waals surface area (Å²) in [4.78, 5) is 47.4. The number of alkyl carbamates (subject to hydrolysis) is 2. The van der Waals surface area contributed by atoms with Crippen LogP contribution in [0.4, 0.5) is 9.59 Å². The zero-order valence-electron chi connectivity index (χ0n) is 27.7. The smallest absolute Gasteiger partial charge is 0.408 e. The molecule has 2 unspecified atom stereocenters. The molecule has 3 N–H and O–H groups in total. The van der Waals surface area contributed by atoms with E-state index in [0.717, 1.165) is 12.8 Å². The highest BCUT2D eigenvalue weighted by molar-refractivity contribution is 5.82. The van der Waals surface area contributed by atoms with Crippen LogP contribution < -0.4 is 10.6 Å². The van der Waals surface area contributed by atoms with Crippen LogP contribution in [0.2, 0.25) is 0 Å². The Hall–Kier alpha value is -2.68. The zero-order valence-corrected chi connectivity index (χ0v) is 27.7. The van der Waals surface area contributed by atoms with Crippen LogP contribution in [0.5, 0.6) is 0 Å². The second kappa shape index (κ2) is 17.6. The Labute approximate surface area is 280 Å². The Morgan fingerprint density at radius 3 is 1.28 bits per heavy atom. The quantitative estimate of drug-likeness (QED) is 0.249. The lowest BCUT2D eigenvalue weighted by molar-refractivity contribution is -0.185. The van der Waals surface area contributed by atoms with E-state index in [-0.39, 0.29) is 26.7 Å². The molecular formula is C33H60N2O12. The van der Waals surface area contributed by atoms with Gasteiger partial charge in [0.2, 0.25) is 0 Å². The summed E-state index contributed by atoms with van der Waals surface area (Å²) >= 11 is 0. The molecule has 0 aromatic heterocycles. The van der Waals surface area contributed by atoms with Gasteiger partial charge in [-0.05, 0) is 79.1 Å². The van der Waals surface area contributed by atoms with Gasteiger partial charge in [-0.3, -0.25) is 0 Å². The molecule has 2 spiro atoms. The molecule has 0 bridgehead atoms. The Kier molecular flexibility index (Phi) is 15.9. The Morgan fingerprint density at radius 2 is 0.979 bits per heavy atom. The minimum atomic E-state index is -1.04. The van der Waals surface area contributed by atoms with Gasteiger partial charge in [-0.25, -0.2) is 19.2 Å². The molecule has 2 amide bonds. The Morgan fingerprint density at radius 1 is 0.660 bits per heavy atom. The third-order valence-electron chi connectivity index (χ3n) is 8.22. The van der Waals surface area contributed by atoms with Gasteiger partial charge in [0.25, 0.3) is 0 Å². The van der Waals surface area contributed by atoms with Crippen LogP contribution in [0.15, 0.2) is 0 Å². The molecule has 14 nitrogen and oxygen atoms in total. The number of hydrogen-bond donors (Lipinski definition) is 3.